The predicted octanol–water partition coefficient (Wildman–Crippen LogP) is 2.53. The van der Waals surface area contributed by atoms with Crippen LogP contribution in [0.4, 0.5) is 22.8 Å². The average molecular weight is 310 g/mol. The Morgan fingerprint density at radius 2 is 1.67 bits per heavy atom. The lowest BCUT2D eigenvalue weighted by Gasteiger charge is -2.28. The van der Waals surface area contributed by atoms with Crippen LogP contribution in [0.15, 0.2) is 0 Å². The molecular weight excluding hydrogens is 293 g/mol. The first-order valence-electron chi connectivity index (χ1n) is 6.13. The fourth-order valence-electron chi connectivity index (χ4n) is 1.81. The summed E-state index contributed by atoms with van der Waals surface area (Å²) in [5, 5.41) is 0. The second kappa shape index (κ2) is 4.88. The molecule has 1 heterocycles. The number of nitrogens with zero attached hydrogens (tertiary/aromatic N) is 2. The number of halogens is 3. The third kappa shape index (κ3) is 3.64. The molecule has 1 fully saturated rings. The van der Waals surface area contributed by atoms with Crippen LogP contribution in [0.25, 0.3) is 0 Å². The van der Waals surface area contributed by atoms with Crippen molar-refractivity contribution >= 4 is 18.0 Å². The van der Waals surface area contributed by atoms with Crippen molar-refractivity contribution in [1.82, 2.24) is 9.80 Å². The lowest BCUT2D eigenvalue weighted by atomic mass is 10.0. The van der Waals surface area contributed by atoms with Gasteiger partial charge in [-0.3, -0.25) is 9.69 Å². The molecule has 0 spiro atoms. The molecule has 6 nitrogen and oxygen atoms in total. The van der Waals surface area contributed by atoms with Crippen molar-refractivity contribution in [3.05, 3.63) is 0 Å². The maximum Gasteiger partial charge on any atom is 0.419 e. The number of amides is 4. The van der Waals surface area contributed by atoms with Gasteiger partial charge in [0.25, 0.3) is 5.91 Å². The molecule has 0 aromatic heterocycles. The quantitative estimate of drug-likeness (QED) is 0.698. The number of alkyl halides is 3. The van der Waals surface area contributed by atoms with Crippen molar-refractivity contribution < 1.29 is 32.3 Å². The van der Waals surface area contributed by atoms with Crippen LogP contribution >= 0.6 is 0 Å². The zero-order valence-corrected chi connectivity index (χ0v) is 12.4. The molecule has 120 valence electrons. The molecule has 0 atom stereocenters. The zero-order chi connectivity index (χ0) is 16.8. The molecule has 1 aliphatic rings. The monoisotopic (exact) mass is 310 g/mol. The Balaban J connectivity index is 3.09. The first kappa shape index (κ1) is 17.3. The lowest BCUT2D eigenvalue weighted by Crippen LogP contribution is -2.49. The largest absolute Gasteiger partial charge is 0.443 e. The van der Waals surface area contributed by atoms with E-state index in [1.807, 2.05) is 0 Å². The van der Waals surface area contributed by atoms with Gasteiger partial charge in [0.15, 0.2) is 0 Å². The molecule has 9 heteroatoms. The minimum atomic E-state index is -4.74. The summed E-state index contributed by atoms with van der Waals surface area (Å²) in [5.41, 5.74) is -2.68. The van der Waals surface area contributed by atoms with Gasteiger partial charge in [-0.1, -0.05) is 0 Å². The van der Waals surface area contributed by atoms with Crippen LogP contribution in [-0.4, -0.2) is 51.7 Å². The van der Waals surface area contributed by atoms with Crippen LogP contribution in [0.5, 0.6) is 0 Å². The third-order valence-corrected chi connectivity index (χ3v) is 2.66. The van der Waals surface area contributed by atoms with Crippen LogP contribution in [0.2, 0.25) is 0 Å². The number of urea groups is 1. The Kier molecular flexibility index (Phi) is 4.01. The molecule has 0 unspecified atom stereocenters. The number of hydrogen-bond donors (Lipinski definition) is 0. The van der Waals surface area contributed by atoms with Crippen molar-refractivity contribution in [1.29, 1.82) is 0 Å². The number of hydrogen-bond acceptors (Lipinski definition) is 4. The van der Waals surface area contributed by atoms with Gasteiger partial charge in [-0.15, -0.1) is 0 Å². The van der Waals surface area contributed by atoms with Gasteiger partial charge >= 0.3 is 18.3 Å². The summed E-state index contributed by atoms with van der Waals surface area (Å²) in [4.78, 5) is 36.3. The zero-order valence-electron chi connectivity index (χ0n) is 12.4. The van der Waals surface area contributed by atoms with E-state index < -0.39 is 41.9 Å². The first-order chi connectivity index (χ1) is 9.17. The van der Waals surface area contributed by atoms with E-state index in [1.54, 1.807) is 0 Å². The normalized spacial score (nSPS) is 19.2. The van der Waals surface area contributed by atoms with Gasteiger partial charge in [0.2, 0.25) is 0 Å². The molecule has 21 heavy (non-hydrogen) atoms. The molecule has 0 radical (unpaired) electrons. The number of rotatable bonds is 1. The molecule has 0 saturated carbocycles. The van der Waals surface area contributed by atoms with Gasteiger partial charge < -0.3 is 4.74 Å². The smallest absolute Gasteiger partial charge is 0.419 e. The fraction of sp³-hybridized carbons (Fsp3) is 0.750. The Hall–Kier alpha value is -1.80. The molecular formula is C12H17F3N2O4. The molecule has 1 saturated heterocycles. The van der Waals surface area contributed by atoms with E-state index in [0.717, 1.165) is 0 Å². The summed E-state index contributed by atoms with van der Waals surface area (Å²) in [6, 6.07) is -1.34. The van der Waals surface area contributed by atoms with E-state index in [-0.39, 0.29) is 4.90 Å². The number of carbonyl (C=O) groups excluding carboxylic acids is 3. The van der Waals surface area contributed by atoms with Crippen LogP contribution in [-0.2, 0) is 9.53 Å². The maximum atomic E-state index is 12.4. The summed E-state index contributed by atoms with van der Waals surface area (Å²) in [6.45, 7) is 5.24. The van der Waals surface area contributed by atoms with E-state index in [9.17, 15) is 27.6 Å². The van der Waals surface area contributed by atoms with E-state index in [4.69, 9.17) is 4.74 Å². The van der Waals surface area contributed by atoms with E-state index in [1.165, 1.54) is 34.6 Å². The van der Waals surface area contributed by atoms with Gasteiger partial charge in [-0.25, -0.2) is 14.5 Å². The minimum absolute atomic E-state index is 0.00389. The molecule has 0 aliphatic carbocycles. The highest BCUT2D eigenvalue weighted by atomic mass is 19.4. The van der Waals surface area contributed by atoms with Crippen molar-refractivity contribution in [3.8, 4) is 0 Å². The molecule has 0 N–H and O–H groups in total. The maximum absolute atomic E-state index is 12.4. The SMILES string of the molecule is CC(C)(C)OC(=O)N1C(=O)N(CC(F)(F)F)C(=O)C1(C)C. The summed E-state index contributed by atoms with van der Waals surface area (Å²) >= 11 is 0. The second-order valence-corrected chi connectivity index (χ2v) is 6.16. The molecule has 0 bridgehead atoms. The van der Waals surface area contributed by atoms with Gasteiger partial charge in [0.1, 0.15) is 17.7 Å². The van der Waals surface area contributed by atoms with E-state index in [2.05, 4.69) is 0 Å². The van der Waals surface area contributed by atoms with Crippen molar-refractivity contribution in [2.75, 3.05) is 6.54 Å². The highest BCUT2D eigenvalue weighted by Gasteiger charge is 2.57. The van der Waals surface area contributed by atoms with Crippen molar-refractivity contribution in [2.45, 2.75) is 51.9 Å². The molecule has 0 aromatic carbocycles. The Morgan fingerprint density at radius 3 is 2.05 bits per heavy atom. The van der Waals surface area contributed by atoms with Crippen LogP contribution in [0.3, 0.4) is 0 Å². The topological polar surface area (TPSA) is 66.9 Å². The van der Waals surface area contributed by atoms with Crippen molar-refractivity contribution in [3.63, 3.8) is 0 Å². The predicted molar refractivity (Wildman–Crippen MR) is 65.3 cm³/mol. The molecule has 1 aliphatic heterocycles. The highest BCUT2D eigenvalue weighted by molar-refractivity contribution is 6.12. The second-order valence-electron chi connectivity index (χ2n) is 6.16. The van der Waals surface area contributed by atoms with Crippen LogP contribution in [0.1, 0.15) is 34.6 Å². The summed E-state index contributed by atoms with van der Waals surface area (Å²) in [7, 11) is 0. The van der Waals surface area contributed by atoms with Gasteiger partial charge in [-0.2, -0.15) is 13.2 Å². The Morgan fingerprint density at radius 1 is 1.19 bits per heavy atom. The molecule has 0 aromatic rings. The lowest BCUT2D eigenvalue weighted by molar-refractivity contribution is -0.154. The fourth-order valence-corrected chi connectivity index (χ4v) is 1.81. The van der Waals surface area contributed by atoms with Crippen molar-refractivity contribution in [2.24, 2.45) is 0 Å². The molecule has 4 amide bonds. The van der Waals surface area contributed by atoms with Gasteiger partial charge in [0.05, 0.1) is 0 Å². The third-order valence-electron chi connectivity index (χ3n) is 2.66. The van der Waals surface area contributed by atoms with Gasteiger partial charge in [-0.05, 0) is 34.6 Å². The minimum Gasteiger partial charge on any atom is -0.443 e. The number of imide groups is 2. The summed E-state index contributed by atoms with van der Waals surface area (Å²) in [6.07, 6.45) is -5.90. The Labute approximate surface area is 119 Å². The Bertz CT molecular complexity index is 480. The van der Waals surface area contributed by atoms with Gasteiger partial charge in [0, 0.05) is 0 Å². The molecule has 1 rings (SSSR count). The average Bonchev–Trinajstić information content (AvgIpc) is 2.34. The van der Waals surface area contributed by atoms with Crippen LogP contribution in [0, 0.1) is 0 Å². The first-order valence-corrected chi connectivity index (χ1v) is 6.13. The number of ether oxygens (including phenoxy) is 1. The summed E-state index contributed by atoms with van der Waals surface area (Å²) in [5.74, 6) is -1.10. The highest BCUT2D eigenvalue weighted by Crippen LogP contribution is 2.31. The van der Waals surface area contributed by atoms with E-state index >= 15 is 0 Å². The number of carbonyl (C=O) groups is 3. The summed E-state index contributed by atoms with van der Waals surface area (Å²) < 4.78 is 42.2. The standard InChI is InChI=1S/C12H17F3N2O4/c1-10(2,3)21-9(20)17-8(19)16(6-12(13,14)15)7(18)11(17,4)5/h6H2,1-5H3. The van der Waals surface area contributed by atoms with Crippen LogP contribution < -0.4 is 0 Å². The van der Waals surface area contributed by atoms with E-state index in [0.29, 0.717) is 4.90 Å².